The summed E-state index contributed by atoms with van der Waals surface area (Å²) in [6.07, 6.45) is 2.26. The van der Waals surface area contributed by atoms with Gasteiger partial charge in [0.15, 0.2) is 0 Å². The number of hydrogen-bond donors (Lipinski definition) is 2. The van der Waals surface area contributed by atoms with Gasteiger partial charge in [-0.05, 0) is 12.8 Å². The van der Waals surface area contributed by atoms with Gasteiger partial charge in [0.25, 0.3) is 0 Å². The van der Waals surface area contributed by atoms with Crippen molar-refractivity contribution in [3.05, 3.63) is 11.9 Å². The van der Waals surface area contributed by atoms with Gasteiger partial charge in [-0.2, -0.15) is 0 Å². The van der Waals surface area contributed by atoms with Gasteiger partial charge in [0.1, 0.15) is 17.5 Å². The van der Waals surface area contributed by atoms with Crippen molar-refractivity contribution in [2.75, 3.05) is 30.8 Å². The third-order valence-electron chi connectivity index (χ3n) is 3.27. The summed E-state index contributed by atoms with van der Waals surface area (Å²) in [5.41, 5.74) is 5.83. The smallest absolute Gasteiger partial charge is 0.407 e. The minimum Gasteiger partial charge on any atom is -0.453 e. The first-order chi connectivity index (χ1) is 9.62. The minimum atomic E-state index is -0.397. The number of nitrogens with two attached hydrogens (primary N) is 1. The molecule has 1 amide bonds. The van der Waals surface area contributed by atoms with Gasteiger partial charge in [-0.1, -0.05) is 6.92 Å². The Morgan fingerprint density at radius 1 is 1.60 bits per heavy atom. The van der Waals surface area contributed by atoms with Gasteiger partial charge in [0.05, 0.1) is 13.2 Å². The summed E-state index contributed by atoms with van der Waals surface area (Å²) in [6, 6.07) is 1.85. The number of hydrogen-bond acceptors (Lipinski definition) is 6. The molecule has 0 radical (unpaired) electrons. The van der Waals surface area contributed by atoms with Crippen LogP contribution in [0.1, 0.15) is 25.6 Å². The molecule has 0 aromatic carbocycles. The zero-order valence-electron chi connectivity index (χ0n) is 11.9. The second-order valence-electron chi connectivity index (χ2n) is 4.88. The molecule has 1 aromatic heterocycles. The first-order valence-corrected chi connectivity index (χ1v) is 6.85. The van der Waals surface area contributed by atoms with Crippen LogP contribution in [0.25, 0.3) is 0 Å². The van der Waals surface area contributed by atoms with Crippen LogP contribution in [0.5, 0.6) is 0 Å². The van der Waals surface area contributed by atoms with Crippen LogP contribution < -0.4 is 16.0 Å². The zero-order chi connectivity index (χ0) is 14.5. The Kier molecular flexibility index (Phi) is 4.60. The van der Waals surface area contributed by atoms with Crippen molar-refractivity contribution < 1.29 is 9.53 Å². The van der Waals surface area contributed by atoms with E-state index in [2.05, 4.69) is 31.8 Å². The number of ether oxygens (including phenoxy) is 1. The maximum Gasteiger partial charge on any atom is 0.407 e. The lowest BCUT2D eigenvalue weighted by Crippen LogP contribution is -2.37. The van der Waals surface area contributed by atoms with Crippen molar-refractivity contribution in [2.45, 2.75) is 32.2 Å². The summed E-state index contributed by atoms with van der Waals surface area (Å²) < 4.78 is 4.61. The predicted molar refractivity (Wildman–Crippen MR) is 76.6 cm³/mol. The van der Waals surface area contributed by atoms with E-state index in [9.17, 15) is 4.79 Å². The van der Waals surface area contributed by atoms with Crippen LogP contribution in [-0.2, 0) is 11.2 Å². The van der Waals surface area contributed by atoms with Crippen molar-refractivity contribution in [2.24, 2.45) is 0 Å². The standard InChI is InChI=1S/C13H21N5O2/c1-3-4-11-16-10(14)7-12(17-11)18-6-5-9(8-18)15-13(19)20-2/h7,9H,3-6,8H2,1-2H3,(H,15,19)(H2,14,16,17). The number of alkyl carbamates (subject to hydrolysis) is 1. The molecule has 2 rings (SSSR count). The summed E-state index contributed by atoms with van der Waals surface area (Å²) in [7, 11) is 1.37. The number of carbonyl (C=O) groups is 1. The first-order valence-electron chi connectivity index (χ1n) is 6.85. The Hall–Kier alpha value is -2.05. The van der Waals surface area contributed by atoms with Crippen molar-refractivity contribution in [3.8, 4) is 0 Å². The highest BCUT2D eigenvalue weighted by Crippen LogP contribution is 2.20. The van der Waals surface area contributed by atoms with Gasteiger partial charge in [-0.25, -0.2) is 14.8 Å². The second-order valence-corrected chi connectivity index (χ2v) is 4.88. The molecular weight excluding hydrogens is 258 g/mol. The van der Waals surface area contributed by atoms with Crippen LogP contribution in [0, 0.1) is 0 Å². The quantitative estimate of drug-likeness (QED) is 0.852. The number of amides is 1. The number of methoxy groups -OCH3 is 1. The first kappa shape index (κ1) is 14.4. The summed E-state index contributed by atoms with van der Waals surface area (Å²) in [6.45, 7) is 3.62. The molecule has 1 aliphatic heterocycles. The van der Waals surface area contributed by atoms with Gasteiger partial charge >= 0.3 is 6.09 Å². The fraction of sp³-hybridized carbons (Fsp3) is 0.615. The number of aryl methyl sites for hydroxylation is 1. The van der Waals surface area contributed by atoms with Gasteiger partial charge in [0, 0.05) is 25.6 Å². The second kappa shape index (κ2) is 6.40. The summed E-state index contributed by atoms with van der Waals surface area (Å²) >= 11 is 0. The summed E-state index contributed by atoms with van der Waals surface area (Å²) in [4.78, 5) is 22.1. The van der Waals surface area contributed by atoms with E-state index in [-0.39, 0.29) is 6.04 Å². The largest absolute Gasteiger partial charge is 0.453 e. The molecule has 1 fully saturated rings. The van der Waals surface area contributed by atoms with E-state index in [0.29, 0.717) is 12.4 Å². The Bertz CT molecular complexity index is 480. The highest BCUT2D eigenvalue weighted by atomic mass is 16.5. The molecule has 1 atom stereocenters. The monoisotopic (exact) mass is 279 g/mol. The number of aromatic nitrogens is 2. The highest BCUT2D eigenvalue weighted by Gasteiger charge is 2.25. The van der Waals surface area contributed by atoms with Crippen molar-refractivity contribution in [3.63, 3.8) is 0 Å². The average molecular weight is 279 g/mol. The normalized spacial score (nSPS) is 18.1. The van der Waals surface area contributed by atoms with Crippen LogP contribution in [-0.4, -0.2) is 42.3 Å². The van der Waals surface area contributed by atoms with Gasteiger partial charge in [-0.3, -0.25) is 0 Å². The minimum absolute atomic E-state index is 0.0771. The Labute approximate surface area is 118 Å². The van der Waals surface area contributed by atoms with Crippen LogP contribution in [0.2, 0.25) is 0 Å². The SMILES string of the molecule is CCCc1nc(N)cc(N2CCC(NC(=O)OC)C2)n1. The zero-order valence-corrected chi connectivity index (χ0v) is 11.9. The molecule has 1 aliphatic rings. The lowest BCUT2D eigenvalue weighted by atomic mass is 10.3. The number of rotatable bonds is 4. The van der Waals surface area contributed by atoms with E-state index in [0.717, 1.165) is 37.4 Å². The Morgan fingerprint density at radius 2 is 2.40 bits per heavy atom. The summed E-state index contributed by atoms with van der Waals surface area (Å²) in [5.74, 6) is 2.09. The van der Waals surface area contributed by atoms with Crippen LogP contribution >= 0.6 is 0 Å². The van der Waals surface area contributed by atoms with Gasteiger partial charge < -0.3 is 20.7 Å². The molecule has 1 saturated heterocycles. The predicted octanol–water partition coefficient (Wildman–Crippen LogP) is 0.946. The molecule has 1 unspecified atom stereocenters. The fourth-order valence-corrected chi connectivity index (χ4v) is 2.31. The molecule has 0 saturated carbocycles. The third-order valence-corrected chi connectivity index (χ3v) is 3.27. The van der Waals surface area contributed by atoms with Gasteiger partial charge in [-0.15, -0.1) is 0 Å². The molecule has 7 heteroatoms. The van der Waals surface area contributed by atoms with Crippen LogP contribution in [0.4, 0.5) is 16.4 Å². The van der Waals surface area contributed by atoms with E-state index in [4.69, 9.17) is 5.73 Å². The number of nitrogens with one attached hydrogen (secondary N) is 1. The van der Waals surface area contributed by atoms with Crippen molar-refractivity contribution >= 4 is 17.7 Å². The average Bonchev–Trinajstić information content (AvgIpc) is 2.87. The Morgan fingerprint density at radius 3 is 3.10 bits per heavy atom. The number of nitrogen functional groups attached to an aromatic ring is 1. The van der Waals surface area contributed by atoms with Crippen LogP contribution in [0.3, 0.4) is 0 Å². The Balaban J connectivity index is 2.04. The third kappa shape index (κ3) is 3.49. The molecule has 20 heavy (non-hydrogen) atoms. The van der Waals surface area contributed by atoms with Gasteiger partial charge in [0.2, 0.25) is 0 Å². The molecule has 0 aliphatic carbocycles. The molecule has 110 valence electrons. The van der Waals surface area contributed by atoms with E-state index in [1.807, 2.05) is 0 Å². The van der Waals surface area contributed by atoms with E-state index in [1.54, 1.807) is 6.07 Å². The topological polar surface area (TPSA) is 93.4 Å². The van der Waals surface area contributed by atoms with E-state index in [1.165, 1.54) is 7.11 Å². The van der Waals surface area contributed by atoms with Crippen molar-refractivity contribution in [1.82, 2.24) is 15.3 Å². The van der Waals surface area contributed by atoms with E-state index >= 15 is 0 Å². The molecule has 2 heterocycles. The van der Waals surface area contributed by atoms with Crippen molar-refractivity contribution in [1.29, 1.82) is 0 Å². The molecule has 1 aromatic rings. The molecule has 3 N–H and O–H groups in total. The number of carbonyl (C=O) groups excluding carboxylic acids is 1. The molecule has 7 nitrogen and oxygen atoms in total. The van der Waals surface area contributed by atoms with Crippen LogP contribution in [0.15, 0.2) is 6.07 Å². The lowest BCUT2D eigenvalue weighted by molar-refractivity contribution is 0.167. The maximum atomic E-state index is 11.2. The van der Waals surface area contributed by atoms with E-state index < -0.39 is 6.09 Å². The maximum absolute atomic E-state index is 11.2. The molecule has 0 spiro atoms. The molecular formula is C13H21N5O2. The number of nitrogens with zero attached hydrogens (tertiary/aromatic N) is 3. The molecule has 0 bridgehead atoms. The lowest BCUT2D eigenvalue weighted by Gasteiger charge is -2.18. The number of anilines is 2. The highest BCUT2D eigenvalue weighted by molar-refractivity contribution is 5.67. The summed E-state index contributed by atoms with van der Waals surface area (Å²) in [5, 5.41) is 2.81. The fourth-order valence-electron chi connectivity index (χ4n) is 2.31.